The third-order valence-corrected chi connectivity index (χ3v) is 4.80. The number of carbonyl (C=O) groups excluding carboxylic acids is 2. The van der Waals surface area contributed by atoms with E-state index >= 15 is 0 Å². The van der Waals surface area contributed by atoms with Gasteiger partial charge in [0.1, 0.15) is 0 Å². The first-order valence-corrected chi connectivity index (χ1v) is 8.69. The van der Waals surface area contributed by atoms with Gasteiger partial charge in [-0.05, 0) is 80.0 Å². The molecule has 0 bridgehead atoms. The third-order valence-electron chi connectivity index (χ3n) is 4.80. The highest BCUT2D eigenvalue weighted by Gasteiger charge is 2.15. The van der Waals surface area contributed by atoms with Gasteiger partial charge in [-0.1, -0.05) is 18.2 Å². The normalized spacial score (nSPS) is 13.0. The molecule has 3 rings (SSSR count). The molecule has 0 spiro atoms. The van der Waals surface area contributed by atoms with Gasteiger partial charge in [0.25, 0.3) is 5.91 Å². The van der Waals surface area contributed by atoms with E-state index in [2.05, 4.69) is 5.32 Å². The molecule has 0 atom stereocenters. The van der Waals surface area contributed by atoms with Crippen LogP contribution < -0.4 is 5.32 Å². The third kappa shape index (κ3) is 4.08. The predicted octanol–water partition coefficient (Wildman–Crippen LogP) is 3.98. The molecular weight excluding hydrogens is 314 g/mol. The average Bonchev–Trinajstić information content (AvgIpc) is 2.63. The van der Waals surface area contributed by atoms with Crippen LogP contribution in [0.2, 0.25) is 0 Å². The molecule has 0 radical (unpaired) electrons. The van der Waals surface area contributed by atoms with E-state index in [0.29, 0.717) is 5.56 Å². The fourth-order valence-corrected chi connectivity index (χ4v) is 3.15. The van der Waals surface area contributed by atoms with Gasteiger partial charge in [0.05, 0.1) is 5.56 Å². The van der Waals surface area contributed by atoms with Crippen LogP contribution in [0, 0.1) is 13.8 Å². The van der Waals surface area contributed by atoms with Gasteiger partial charge in [-0.15, -0.1) is 0 Å². The Balaban J connectivity index is 1.58. The molecule has 1 N–H and O–H groups in total. The number of benzene rings is 2. The maximum absolute atomic E-state index is 12.2. The highest BCUT2D eigenvalue weighted by molar-refractivity contribution is 5.96. The molecule has 2 aromatic carbocycles. The maximum atomic E-state index is 12.2. The van der Waals surface area contributed by atoms with Gasteiger partial charge in [0.15, 0.2) is 6.61 Å². The topological polar surface area (TPSA) is 55.4 Å². The van der Waals surface area contributed by atoms with E-state index in [1.807, 2.05) is 44.2 Å². The Morgan fingerprint density at radius 3 is 2.60 bits per heavy atom. The zero-order chi connectivity index (χ0) is 17.8. The predicted molar refractivity (Wildman–Crippen MR) is 97.9 cm³/mol. The van der Waals surface area contributed by atoms with Crippen molar-refractivity contribution in [1.29, 1.82) is 0 Å². The Morgan fingerprint density at radius 2 is 1.80 bits per heavy atom. The number of ether oxygens (including phenoxy) is 1. The zero-order valence-electron chi connectivity index (χ0n) is 14.7. The van der Waals surface area contributed by atoms with Crippen LogP contribution in [0.3, 0.4) is 0 Å². The summed E-state index contributed by atoms with van der Waals surface area (Å²) in [6, 6.07) is 11.4. The standard InChI is InChI=1S/C21H23NO3/c1-14-6-5-9-19(15(14)2)22-20(23)13-25-21(24)18-11-10-16-7-3-4-8-17(16)12-18/h5-6,9-12H,3-4,7-8,13H2,1-2H3,(H,22,23). The van der Waals surface area contributed by atoms with Crippen LogP contribution in [0.25, 0.3) is 0 Å². The van der Waals surface area contributed by atoms with E-state index in [1.54, 1.807) is 6.07 Å². The first-order valence-electron chi connectivity index (χ1n) is 8.69. The molecule has 130 valence electrons. The molecule has 1 amide bonds. The van der Waals surface area contributed by atoms with Crippen molar-refractivity contribution in [2.45, 2.75) is 39.5 Å². The van der Waals surface area contributed by atoms with E-state index in [0.717, 1.165) is 36.1 Å². The fraction of sp³-hybridized carbons (Fsp3) is 0.333. The lowest BCUT2D eigenvalue weighted by molar-refractivity contribution is -0.119. The Hall–Kier alpha value is -2.62. The van der Waals surface area contributed by atoms with Crippen molar-refractivity contribution in [2.75, 3.05) is 11.9 Å². The molecular formula is C21H23NO3. The van der Waals surface area contributed by atoms with E-state index in [4.69, 9.17) is 4.74 Å². The summed E-state index contributed by atoms with van der Waals surface area (Å²) in [4.78, 5) is 24.3. The second-order valence-electron chi connectivity index (χ2n) is 6.56. The van der Waals surface area contributed by atoms with Crippen molar-refractivity contribution in [1.82, 2.24) is 0 Å². The Bertz CT molecular complexity index is 811. The van der Waals surface area contributed by atoms with Crippen molar-refractivity contribution in [3.8, 4) is 0 Å². The van der Waals surface area contributed by atoms with Gasteiger partial charge >= 0.3 is 5.97 Å². The van der Waals surface area contributed by atoms with Crippen molar-refractivity contribution >= 4 is 17.6 Å². The molecule has 0 saturated heterocycles. The van der Waals surface area contributed by atoms with E-state index in [-0.39, 0.29) is 12.5 Å². The zero-order valence-corrected chi connectivity index (χ0v) is 14.7. The number of fused-ring (bicyclic) bond motifs is 1. The van der Waals surface area contributed by atoms with Gasteiger partial charge < -0.3 is 10.1 Å². The molecule has 0 unspecified atom stereocenters. The quantitative estimate of drug-likeness (QED) is 0.859. The summed E-state index contributed by atoms with van der Waals surface area (Å²) in [7, 11) is 0. The number of carbonyl (C=O) groups is 2. The van der Waals surface area contributed by atoms with Crippen LogP contribution >= 0.6 is 0 Å². The summed E-state index contributed by atoms with van der Waals surface area (Å²) in [5.74, 6) is -0.788. The first-order chi connectivity index (χ1) is 12.0. The lowest BCUT2D eigenvalue weighted by Crippen LogP contribution is -2.21. The summed E-state index contributed by atoms with van der Waals surface area (Å²) in [5, 5.41) is 2.79. The molecule has 25 heavy (non-hydrogen) atoms. The van der Waals surface area contributed by atoms with E-state index in [9.17, 15) is 9.59 Å². The second-order valence-corrected chi connectivity index (χ2v) is 6.56. The second kappa shape index (κ2) is 7.51. The van der Waals surface area contributed by atoms with E-state index < -0.39 is 5.97 Å². The van der Waals surface area contributed by atoms with Gasteiger partial charge in [-0.2, -0.15) is 0 Å². The fourth-order valence-electron chi connectivity index (χ4n) is 3.15. The molecule has 1 aliphatic carbocycles. The molecule has 0 aromatic heterocycles. The number of aryl methyl sites for hydroxylation is 3. The smallest absolute Gasteiger partial charge is 0.338 e. The Labute approximate surface area is 148 Å². The number of hydrogen-bond donors (Lipinski definition) is 1. The van der Waals surface area contributed by atoms with E-state index in [1.165, 1.54) is 17.5 Å². The van der Waals surface area contributed by atoms with Gasteiger partial charge in [-0.25, -0.2) is 4.79 Å². The number of rotatable bonds is 4. The molecule has 4 heteroatoms. The van der Waals surface area contributed by atoms with Crippen LogP contribution in [0.15, 0.2) is 36.4 Å². The molecule has 4 nitrogen and oxygen atoms in total. The molecule has 1 aliphatic rings. The summed E-state index contributed by atoms with van der Waals surface area (Å²) in [6.07, 6.45) is 4.44. The van der Waals surface area contributed by atoms with Crippen molar-refractivity contribution in [3.63, 3.8) is 0 Å². The largest absolute Gasteiger partial charge is 0.452 e. The van der Waals surface area contributed by atoms with Crippen molar-refractivity contribution < 1.29 is 14.3 Å². The Kier molecular flexibility index (Phi) is 5.17. The molecule has 0 heterocycles. The van der Waals surface area contributed by atoms with Crippen LogP contribution in [-0.2, 0) is 22.4 Å². The molecule has 2 aromatic rings. The van der Waals surface area contributed by atoms with Gasteiger partial charge in [0, 0.05) is 5.69 Å². The number of hydrogen-bond acceptors (Lipinski definition) is 3. The van der Waals surface area contributed by atoms with Crippen LogP contribution in [0.4, 0.5) is 5.69 Å². The molecule has 0 saturated carbocycles. The summed E-state index contributed by atoms with van der Waals surface area (Å²) >= 11 is 0. The van der Waals surface area contributed by atoms with Crippen LogP contribution in [0.5, 0.6) is 0 Å². The minimum atomic E-state index is -0.454. The minimum absolute atomic E-state index is 0.288. The summed E-state index contributed by atoms with van der Waals surface area (Å²) < 4.78 is 5.17. The van der Waals surface area contributed by atoms with Gasteiger partial charge in [-0.3, -0.25) is 4.79 Å². The number of amides is 1. The lowest BCUT2D eigenvalue weighted by Gasteiger charge is -2.16. The average molecular weight is 337 g/mol. The first kappa shape index (κ1) is 17.2. The maximum Gasteiger partial charge on any atom is 0.338 e. The number of esters is 1. The summed E-state index contributed by atoms with van der Waals surface area (Å²) in [6.45, 7) is 3.65. The minimum Gasteiger partial charge on any atom is -0.452 e. The highest BCUT2D eigenvalue weighted by atomic mass is 16.5. The van der Waals surface area contributed by atoms with Gasteiger partial charge in [0.2, 0.25) is 0 Å². The molecule has 0 fully saturated rings. The highest BCUT2D eigenvalue weighted by Crippen LogP contribution is 2.22. The summed E-state index contributed by atoms with van der Waals surface area (Å²) in [5.41, 5.74) is 5.91. The lowest BCUT2D eigenvalue weighted by atomic mass is 9.90. The monoisotopic (exact) mass is 337 g/mol. The molecule has 0 aliphatic heterocycles. The number of nitrogens with one attached hydrogen (secondary N) is 1. The Morgan fingerprint density at radius 1 is 1.04 bits per heavy atom. The van der Waals surface area contributed by atoms with Crippen LogP contribution in [0.1, 0.15) is 45.5 Å². The van der Waals surface area contributed by atoms with Crippen molar-refractivity contribution in [2.24, 2.45) is 0 Å². The SMILES string of the molecule is Cc1cccc(NC(=O)COC(=O)c2ccc3c(c2)CCCC3)c1C. The van der Waals surface area contributed by atoms with Crippen LogP contribution in [-0.4, -0.2) is 18.5 Å². The van der Waals surface area contributed by atoms with Crippen molar-refractivity contribution in [3.05, 3.63) is 64.2 Å². The number of anilines is 1.